The van der Waals surface area contributed by atoms with Crippen molar-refractivity contribution in [2.24, 2.45) is 0 Å². The molecular formula is C18H24N2O3. The van der Waals surface area contributed by atoms with E-state index in [1.54, 1.807) is 6.26 Å². The lowest BCUT2D eigenvalue weighted by atomic mass is 10.1. The van der Waals surface area contributed by atoms with Crippen molar-refractivity contribution >= 4 is 5.69 Å². The van der Waals surface area contributed by atoms with Crippen LogP contribution in [0.15, 0.2) is 47.1 Å². The maximum absolute atomic E-state index is 9.57. The zero-order valence-corrected chi connectivity index (χ0v) is 13.4. The van der Waals surface area contributed by atoms with Gasteiger partial charge in [-0.05, 0) is 36.8 Å². The lowest BCUT2D eigenvalue weighted by Crippen LogP contribution is -2.36. The molecule has 124 valence electrons. The minimum Gasteiger partial charge on any atom is -0.468 e. The number of furan rings is 1. The Labute approximate surface area is 136 Å². The van der Waals surface area contributed by atoms with Crippen molar-refractivity contribution in [2.45, 2.75) is 19.0 Å². The van der Waals surface area contributed by atoms with Crippen LogP contribution in [0.2, 0.25) is 0 Å². The maximum atomic E-state index is 9.57. The Kier molecular flexibility index (Phi) is 5.33. The first-order valence-corrected chi connectivity index (χ1v) is 8.11. The Morgan fingerprint density at radius 2 is 1.91 bits per heavy atom. The molecule has 23 heavy (non-hydrogen) atoms. The van der Waals surface area contributed by atoms with E-state index in [4.69, 9.17) is 9.15 Å². The summed E-state index contributed by atoms with van der Waals surface area (Å²) in [5.74, 6) is 0.754. The number of aliphatic hydroxyl groups is 1. The zero-order chi connectivity index (χ0) is 16.1. The van der Waals surface area contributed by atoms with Crippen LogP contribution in [0.3, 0.4) is 0 Å². The van der Waals surface area contributed by atoms with Crippen LogP contribution >= 0.6 is 0 Å². The Hall–Kier alpha value is -1.82. The molecule has 0 aliphatic carbocycles. The summed E-state index contributed by atoms with van der Waals surface area (Å²) in [6.45, 7) is 5.57. The molecule has 3 rings (SSSR count). The average Bonchev–Trinajstić information content (AvgIpc) is 3.15. The molecule has 0 bridgehead atoms. The van der Waals surface area contributed by atoms with E-state index in [-0.39, 0.29) is 18.7 Å². The van der Waals surface area contributed by atoms with Crippen LogP contribution in [0.5, 0.6) is 0 Å². The fourth-order valence-electron chi connectivity index (χ4n) is 2.91. The summed E-state index contributed by atoms with van der Waals surface area (Å²) in [5.41, 5.74) is 2.42. The molecule has 2 heterocycles. The van der Waals surface area contributed by atoms with E-state index in [0.717, 1.165) is 32.1 Å². The molecule has 0 amide bonds. The van der Waals surface area contributed by atoms with E-state index >= 15 is 0 Å². The van der Waals surface area contributed by atoms with Gasteiger partial charge in [0.2, 0.25) is 0 Å². The second-order valence-corrected chi connectivity index (χ2v) is 5.83. The first-order valence-electron chi connectivity index (χ1n) is 8.11. The van der Waals surface area contributed by atoms with Crippen LogP contribution in [0.4, 0.5) is 5.69 Å². The Balaban J connectivity index is 1.64. The standard InChI is InChI=1S/C18H24N2O3/c1-14(19-17(13-21)18-3-2-10-23-18)15-4-6-16(7-5-15)20-8-11-22-12-9-20/h2-7,10,14,17,19,21H,8-9,11-13H2,1H3. The molecule has 1 saturated heterocycles. The van der Waals surface area contributed by atoms with E-state index in [2.05, 4.69) is 41.4 Å². The highest BCUT2D eigenvalue weighted by atomic mass is 16.5. The van der Waals surface area contributed by atoms with Crippen molar-refractivity contribution in [2.75, 3.05) is 37.8 Å². The SMILES string of the molecule is CC(NC(CO)c1ccco1)c1ccc(N2CCOCC2)cc1. The Morgan fingerprint density at radius 3 is 2.52 bits per heavy atom. The van der Waals surface area contributed by atoms with E-state index < -0.39 is 0 Å². The lowest BCUT2D eigenvalue weighted by Gasteiger charge is -2.29. The molecule has 1 aromatic heterocycles. The summed E-state index contributed by atoms with van der Waals surface area (Å²) in [6, 6.07) is 12.2. The van der Waals surface area contributed by atoms with Crippen LogP contribution in [0, 0.1) is 0 Å². The topological polar surface area (TPSA) is 57.9 Å². The normalized spacial score (nSPS) is 17.9. The second kappa shape index (κ2) is 7.64. The second-order valence-electron chi connectivity index (χ2n) is 5.83. The smallest absolute Gasteiger partial charge is 0.123 e. The molecule has 5 nitrogen and oxygen atoms in total. The third-order valence-electron chi connectivity index (χ3n) is 4.29. The molecule has 2 atom stereocenters. The minimum atomic E-state index is -0.195. The predicted octanol–water partition coefficient (Wildman–Crippen LogP) is 2.50. The lowest BCUT2D eigenvalue weighted by molar-refractivity contribution is 0.122. The predicted molar refractivity (Wildman–Crippen MR) is 89.6 cm³/mol. The van der Waals surface area contributed by atoms with Gasteiger partial charge in [0.15, 0.2) is 0 Å². The van der Waals surface area contributed by atoms with Crippen molar-refractivity contribution in [1.29, 1.82) is 0 Å². The fourth-order valence-corrected chi connectivity index (χ4v) is 2.91. The van der Waals surface area contributed by atoms with Gasteiger partial charge in [-0.3, -0.25) is 5.32 Å². The third kappa shape index (κ3) is 3.93. The summed E-state index contributed by atoms with van der Waals surface area (Å²) < 4.78 is 10.8. The van der Waals surface area contributed by atoms with E-state index in [9.17, 15) is 5.11 Å². The molecule has 2 aromatic rings. The van der Waals surface area contributed by atoms with Gasteiger partial charge in [0.05, 0.1) is 32.1 Å². The summed E-state index contributed by atoms with van der Waals surface area (Å²) >= 11 is 0. The number of nitrogens with zero attached hydrogens (tertiary/aromatic N) is 1. The van der Waals surface area contributed by atoms with Crippen LogP contribution in [0.25, 0.3) is 0 Å². The molecule has 2 N–H and O–H groups in total. The summed E-state index contributed by atoms with van der Waals surface area (Å²) in [7, 11) is 0. The van der Waals surface area contributed by atoms with Gasteiger partial charge in [0.1, 0.15) is 5.76 Å². The monoisotopic (exact) mass is 316 g/mol. The quantitative estimate of drug-likeness (QED) is 0.857. The van der Waals surface area contributed by atoms with Gasteiger partial charge in [-0.2, -0.15) is 0 Å². The third-order valence-corrected chi connectivity index (χ3v) is 4.29. The molecule has 5 heteroatoms. The first-order chi connectivity index (χ1) is 11.3. The zero-order valence-electron chi connectivity index (χ0n) is 13.4. The van der Waals surface area contributed by atoms with Crippen LogP contribution < -0.4 is 10.2 Å². The number of rotatable bonds is 6. The number of hydrogen-bond donors (Lipinski definition) is 2. The summed E-state index contributed by atoms with van der Waals surface area (Å²) in [4.78, 5) is 2.34. The van der Waals surface area contributed by atoms with E-state index in [0.29, 0.717) is 0 Å². The molecular weight excluding hydrogens is 292 g/mol. The molecule has 1 aliphatic heterocycles. The van der Waals surface area contributed by atoms with E-state index in [1.807, 2.05) is 12.1 Å². The largest absolute Gasteiger partial charge is 0.468 e. The van der Waals surface area contributed by atoms with Gasteiger partial charge in [0.25, 0.3) is 0 Å². The van der Waals surface area contributed by atoms with Crippen molar-refractivity contribution in [3.05, 3.63) is 54.0 Å². The summed E-state index contributed by atoms with van der Waals surface area (Å²) in [6.07, 6.45) is 1.63. The van der Waals surface area contributed by atoms with Crippen LogP contribution in [-0.2, 0) is 4.74 Å². The Morgan fingerprint density at radius 1 is 1.17 bits per heavy atom. The van der Waals surface area contributed by atoms with Crippen LogP contribution in [-0.4, -0.2) is 38.0 Å². The number of aliphatic hydroxyl groups excluding tert-OH is 1. The van der Waals surface area contributed by atoms with Gasteiger partial charge in [-0.25, -0.2) is 0 Å². The molecule has 1 fully saturated rings. The maximum Gasteiger partial charge on any atom is 0.123 e. The minimum absolute atomic E-state index is 0.00369. The van der Waals surface area contributed by atoms with Crippen LogP contribution in [0.1, 0.15) is 30.3 Å². The van der Waals surface area contributed by atoms with Gasteiger partial charge in [-0.1, -0.05) is 12.1 Å². The van der Waals surface area contributed by atoms with Gasteiger partial charge in [0, 0.05) is 24.8 Å². The van der Waals surface area contributed by atoms with Crippen molar-refractivity contribution in [1.82, 2.24) is 5.32 Å². The fraction of sp³-hybridized carbons (Fsp3) is 0.444. The average molecular weight is 316 g/mol. The van der Waals surface area contributed by atoms with Gasteiger partial charge in [-0.15, -0.1) is 0 Å². The molecule has 1 aliphatic rings. The number of hydrogen-bond acceptors (Lipinski definition) is 5. The number of benzene rings is 1. The van der Waals surface area contributed by atoms with E-state index in [1.165, 1.54) is 11.3 Å². The highest BCUT2D eigenvalue weighted by molar-refractivity contribution is 5.48. The number of anilines is 1. The molecule has 0 radical (unpaired) electrons. The first kappa shape index (κ1) is 16.1. The number of nitrogens with one attached hydrogen (secondary N) is 1. The van der Waals surface area contributed by atoms with Gasteiger partial charge >= 0.3 is 0 Å². The van der Waals surface area contributed by atoms with Crippen molar-refractivity contribution < 1.29 is 14.3 Å². The molecule has 1 aromatic carbocycles. The summed E-state index contributed by atoms with van der Waals surface area (Å²) in [5, 5.41) is 13.0. The Bertz CT molecular complexity index is 577. The highest BCUT2D eigenvalue weighted by Crippen LogP contribution is 2.23. The number of morpholine rings is 1. The molecule has 0 saturated carbocycles. The molecule has 0 spiro atoms. The van der Waals surface area contributed by atoms with Crippen molar-refractivity contribution in [3.8, 4) is 0 Å². The number of ether oxygens (including phenoxy) is 1. The van der Waals surface area contributed by atoms with Crippen molar-refractivity contribution in [3.63, 3.8) is 0 Å². The molecule has 2 unspecified atom stereocenters. The van der Waals surface area contributed by atoms with Gasteiger partial charge < -0.3 is 19.2 Å². The highest BCUT2D eigenvalue weighted by Gasteiger charge is 2.17.